The molecule has 0 amide bonds. The minimum atomic E-state index is -0.626. The van der Waals surface area contributed by atoms with Crippen LogP contribution in [0.25, 0.3) is 0 Å². The summed E-state index contributed by atoms with van der Waals surface area (Å²) in [6.45, 7) is 3.02. The zero-order chi connectivity index (χ0) is 8.43. The molecule has 0 radical (unpaired) electrons. The maximum atomic E-state index is 10.7. The maximum Gasteiger partial charge on any atom is 0.194 e. The van der Waals surface area contributed by atoms with Crippen molar-refractivity contribution in [3.63, 3.8) is 0 Å². The van der Waals surface area contributed by atoms with E-state index in [1.165, 1.54) is 13.1 Å². The lowest BCUT2D eigenvalue weighted by Crippen LogP contribution is -1.96. The molecule has 0 saturated carbocycles. The van der Waals surface area contributed by atoms with Gasteiger partial charge in [0.15, 0.2) is 11.6 Å². The Kier molecular flexibility index (Phi) is 2.05. The molecule has 0 aromatic carbocycles. The maximum absolute atomic E-state index is 10.7. The van der Waals surface area contributed by atoms with Gasteiger partial charge in [-0.15, -0.1) is 0 Å². The number of nitrogens with zero attached hydrogens (tertiary/aromatic N) is 1. The van der Waals surface area contributed by atoms with E-state index in [0.29, 0.717) is 11.5 Å². The average molecular weight is 154 g/mol. The first-order chi connectivity index (χ1) is 5.11. The van der Waals surface area contributed by atoms with Crippen molar-refractivity contribution in [2.24, 2.45) is 0 Å². The lowest BCUT2D eigenvalue weighted by Gasteiger charge is -1.94. The third-order valence-corrected chi connectivity index (χ3v) is 1.36. The molecule has 0 bridgehead atoms. The summed E-state index contributed by atoms with van der Waals surface area (Å²) in [7, 11) is 0. The summed E-state index contributed by atoms with van der Waals surface area (Å²) in [5.41, 5.74) is 0.496. The molecule has 0 saturated heterocycles. The zero-order valence-electron chi connectivity index (χ0n) is 6.46. The van der Waals surface area contributed by atoms with Gasteiger partial charge in [0.1, 0.15) is 0 Å². The van der Waals surface area contributed by atoms with Crippen LogP contribution >= 0.6 is 0 Å². The van der Waals surface area contributed by atoms with Crippen LogP contribution in [0.4, 0.5) is 0 Å². The van der Waals surface area contributed by atoms with Gasteiger partial charge in [-0.2, -0.15) is 0 Å². The van der Waals surface area contributed by atoms with E-state index in [9.17, 15) is 4.79 Å². The second-order valence-electron chi connectivity index (χ2n) is 2.41. The SMILES string of the molecule is CC(=O)c1nc(C(C)O)c[nH]1. The summed E-state index contributed by atoms with van der Waals surface area (Å²) in [5, 5.41) is 9.03. The highest BCUT2D eigenvalue weighted by Gasteiger charge is 2.08. The minimum Gasteiger partial charge on any atom is -0.387 e. The van der Waals surface area contributed by atoms with E-state index in [1.54, 1.807) is 6.92 Å². The van der Waals surface area contributed by atoms with E-state index in [1.807, 2.05) is 0 Å². The van der Waals surface area contributed by atoms with E-state index in [0.717, 1.165) is 0 Å². The van der Waals surface area contributed by atoms with E-state index < -0.39 is 6.10 Å². The Morgan fingerprint density at radius 1 is 1.82 bits per heavy atom. The summed E-state index contributed by atoms with van der Waals surface area (Å²) in [6.07, 6.45) is 0.904. The summed E-state index contributed by atoms with van der Waals surface area (Å²) >= 11 is 0. The highest BCUT2D eigenvalue weighted by Crippen LogP contribution is 2.07. The van der Waals surface area contributed by atoms with Crippen molar-refractivity contribution in [1.29, 1.82) is 0 Å². The number of carbonyl (C=O) groups excluding carboxylic acids is 1. The summed E-state index contributed by atoms with van der Waals surface area (Å²) < 4.78 is 0. The van der Waals surface area contributed by atoms with Crippen LogP contribution in [-0.2, 0) is 0 Å². The van der Waals surface area contributed by atoms with Gasteiger partial charge in [-0.05, 0) is 6.92 Å². The number of hydrogen-bond acceptors (Lipinski definition) is 3. The van der Waals surface area contributed by atoms with Crippen LogP contribution < -0.4 is 0 Å². The van der Waals surface area contributed by atoms with E-state index in [-0.39, 0.29) is 5.78 Å². The van der Waals surface area contributed by atoms with Gasteiger partial charge >= 0.3 is 0 Å². The summed E-state index contributed by atoms with van der Waals surface area (Å²) in [4.78, 5) is 17.2. The van der Waals surface area contributed by atoms with E-state index >= 15 is 0 Å². The van der Waals surface area contributed by atoms with Crippen LogP contribution in [0.3, 0.4) is 0 Å². The first-order valence-corrected chi connectivity index (χ1v) is 3.35. The van der Waals surface area contributed by atoms with Crippen molar-refractivity contribution in [3.8, 4) is 0 Å². The molecule has 11 heavy (non-hydrogen) atoms. The number of aromatic amines is 1. The standard InChI is InChI=1S/C7H10N2O2/c1-4(10)6-3-8-7(9-6)5(2)11/h3-4,10H,1-2H3,(H,8,9). The molecular weight excluding hydrogens is 144 g/mol. The Labute approximate surface area is 64.3 Å². The summed E-state index contributed by atoms with van der Waals surface area (Å²) in [6, 6.07) is 0. The monoisotopic (exact) mass is 154 g/mol. The van der Waals surface area contributed by atoms with Gasteiger partial charge in [0.25, 0.3) is 0 Å². The molecule has 4 nitrogen and oxygen atoms in total. The van der Waals surface area contributed by atoms with Crippen LogP contribution in [0, 0.1) is 0 Å². The molecular formula is C7H10N2O2. The normalized spacial score (nSPS) is 13.0. The average Bonchev–Trinajstić information content (AvgIpc) is 2.33. The second kappa shape index (κ2) is 2.84. The third-order valence-electron chi connectivity index (χ3n) is 1.36. The minimum absolute atomic E-state index is 0.128. The highest BCUT2D eigenvalue weighted by molar-refractivity contribution is 5.90. The van der Waals surface area contributed by atoms with Crippen molar-refractivity contribution >= 4 is 5.78 Å². The van der Waals surface area contributed by atoms with Gasteiger partial charge in [0, 0.05) is 13.1 Å². The Bertz CT molecular complexity index is 265. The molecule has 1 rings (SSSR count). The molecule has 1 atom stereocenters. The molecule has 0 fully saturated rings. The second-order valence-corrected chi connectivity index (χ2v) is 2.41. The van der Waals surface area contributed by atoms with Crippen molar-refractivity contribution in [3.05, 3.63) is 17.7 Å². The lowest BCUT2D eigenvalue weighted by atomic mass is 10.3. The van der Waals surface area contributed by atoms with Crippen molar-refractivity contribution in [1.82, 2.24) is 9.97 Å². The van der Waals surface area contributed by atoms with Crippen LogP contribution in [-0.4, -0.2) is 20.9 Å². The number of Topliss-reactive ketones (excluding diaryl/α,β-unsaturated/α-hetero) is 1. The number of H-pyrrole nitrogens is 1. The fourth-order valence-corrected chi connectivity index (χ4v) is 0.730. The Morgan fingerprint density at radius 3 is 2.73 bits per heavy atom. The van der Waals surface area contributed by atoms with Gasteiger partial charge in [-0.3, -0.25) is 4.79 Å². The number of aromatic nitrogens is 2. The van der Waals surface area contributed by atoms with Gasteiger partial charge in [0.05, 0.1) is 11.8 Å². The molecule has 2 N–H and O–H groups in total. The molecule has 1 aromatic rings. The highest BCUT2D eigenvalue weighted by atomic mass is 16.3. The quantitative estimate of drug-likeness (QED) is 0.615. The molecule has 60 valence electrons. The Balaban J connectivity index is 2.90. The van der Waals surface area contributed by atoms with E-state index in [2.05, 4.69) is 9.97 Å². The molecule has 0 aliphatic rings. The molecule has 0 aliphatic carbocycles. The van der Waals surface area contributed by atoms with Crippen LogP contribution in [0.2, 0.25) is 0 Å². The van der Waals surface area contributed by atoms with Gasteiger partial charge in [-0.25, -0.2) is 4.98 Å². The fourth-order valence-electron chi connectivity index (χ4n) is 0.730. The van der Waals surface area contributed by atoms with Crippen LogP contribution in [0.15, 0.2) is 6.20 Å². The van der Waals surface area contributed by atoms with Gasteiger partial charge in [0.2, 0.25) is 0 Å². The van der Waals surface area contributed by atoms with E-state index in [4.69, 9.17) is 5.11 Å². The molecule has 4 heteroatoms. The lowest BCUT2D eigenvalue weighted by molar-refractivity contribution is 0.100. The van der Waals surface area contributed by atoms with Crippen molar-refractivity contribution in [2.75, 3.05) is 0 Å². The molecule has 0 aliphatic heterocycles. The first kappa shape index (κ1) is 7.94. The molecule has 1 unspecified atom stereocenters. The number of aliphatic hydroxyl groups is 1. The van der Waals surface area contributed by atoms with Gasteiger partial charge in [-0.1, -0.05) is 0 Å². The molecule has 0 spiro atoms. The smallest absolute Gasteiger partial charge is 0.194 e. The predicted molar refractivity (Wildman–Crippen MR) is 39.2 cm³/mol. The first-order valence-electron chi connectivity index (χ1n) is 3.35. The largest absolute Gasteiger partial charge is 0.387 e. The van der Waals surface area contributed by atoms with Gasteiger partial charge < -0.3 is 10.1 Å². The number of imidazole rings is 1. The number of aliphatic hydroxyl groups excluding tert-OH is 1. The molecule has 1 aromatic heterocycles. The summed E-state index contributed by atoms with van der Waals surface area (Å²) in [5.74, 6) is 0.165. The number of rotatable bonds is 2. The molecule has 1 heterocycles. The van der Waals surface area contributed by atoms with Crippen molar-refractivity contribution in [2.45, 2.75) is 20.0 Å². The van der Waals surface area contributed by atoms with Crippen LogP contribution in [0.1, 0.15) is 36.3 Å². The third kappa shape index (κ3) is 1.65. The number of nitrogens with one attached hydrogen (secondary N) is 1. The Morgan fingerprint density at radius 2 is 2.45 bits per heavy atom. The Hall–Kier alpha value is -1.16. The van der Waals surface area contributed by atoms with Crippen molar-refractivity contribution < 1.29 is 9.90 Å². The number of ketones is 1. The zero-order valence-corrected chi connectivity index (χ0v) is 6.46. The predicted octanol–water partition coefficient (Wildman–Crippen LogP) is 0.666. The number of carbonyl (C=O) groups is 1. The topological polar surface area (TPSA) is 66.0 Å². The fraction of sp³-hybridized carbons (Fsp3) is 0.429. The number of hydrogen-bond donors (Lipinski definition) is 2. The van der Waals surface area contributed by atoms with Crippen LogP contribution in [0.5, 0.6) is 0 Å².